The topological polar surface area (TPSA) is 97.0 Å². The number of nitrogens with zero attached hydrogens (tertiary/aromatic N) is 2. The fourth-order valence-electron chi connectivity index (χ4n) is 2.99. The third kappa shape index (κ3) is 4.09. The summed E-state index contributed by atoms with van der Waals surface area (Å²) in [6.45, 7) is 2.83. The molecule has 3 rings (SSSR count). The van der Waals surface area contributed by atoms with E-state index >= 15 is 0 Å². The summed E-state index contributed by atoms with van der Waals surface area (Å²) in [5.74, 6) is -1.77. The number of hydrogen-bond donors (Lipinski definition) is 2. The van der Waals surface area contributed by atoms with Gasteiger partial charge in [-0.25, -0.2) is 14.8 Å². The monoisotopic (exact) mass is 424 g/mol. The minimum atomic E-state index is -4.73. The van der Waals surface area contributed by atoms with E-state index in [0.717, 1.165) is 25.3 Å². The number of H-pyrrole nitrogens is 1. The Hall–Kier alpha value is -3.50. The average Bonchev–Trinajstić information content (AvgIpc) is 2.67. The van der Waals surface area contributed by atoms with Crippen LogP contribution in [-0.2, 0) is 10.9 Å². The number of benzene rings is 1. The van der Waals surface area contributed by atoms with Gasteiger partial charge in [0.05, 0.1) is 29.3 Å². The van der Waals surface area contributed by atoms with Crippen LogP contribution >= 0.6 is 0 Å². The maximum absolute atomic E-state index is 14.3. The molecular weight excluding hydrogens is 408 g/mol. The number of carbonyl (C=O) groups is 1. The Morgan fingerprint density at radius 2 is 1.93 bits per heavy atom. The number of fused-ring (bicyclic) bond motifs is 1. The molecule has 0 spiro atoms. The maximum Gasteiger partial charge on any atom is 0.416 e. The first-order chi connectivity index (χ1) is 14.0. The SMILES string of the molecule is COC(=O)c1ccc(NC(C)c2cc3c(=O)[nH]c(C)nc3cc2C(F)(F)F)c(F)n1. The molecule has 0 aliphatic heterocycles. The van der Waals surface area contributed by atoms with E-state index in [2.05, 4.69) is 25.0 Å². The summed E-state index contributed by atoms with van der Waals surface area (Å²) >= 11 is 0. The van der Waals surface area contributed by atoms with Crippen LogP contribution in [0.1, 0.15) is 40.4 Å². The van der Waals surface area contributed by atoms with Gasteiger partial charge in [-0.2, -0.15) is 17.6 Å². The Labute approximate surface area is 167 Å². The van der Waals surface area contributed by atoms with E-state index in [9.17, 15) is 27.2 Å². The largest absolute Gasteiger partial charge is 0.464 e. The number of methoxy groups -OCH3 is 1. The summed E-state index contributed by atoms with van der Waals surface area (Å²) in [5, 5.41) is 2.57. The van der Waals surface area contributed by atoms with Crippen LogP contribution < -0.4 is 10.9 Å². The maximum atomic E-state index is 14.3. The van der Waals surface area contributed by atoms with Gasteiger partial charge in [0.2, 0.25) is 5.95 Å². The number of carbonyl (C=O) groups excluding carboxylic acids is 1. The smallest absolute Gasteiger partial charge is 0.416 e. The van der Waals surface area contributed by atoms with E-state index < -0.39 is 35.3 Å². The van der Waals surface area contributed by atoms with E-state index in [0.29, 0.717) is 0 Å². The van der Waals surface area contributed by atoms with Gasteiger partial charge in [-0.05, 0) is 43.7 Å². The van der Waals surface area contributed by atoms with Crippen LogP contribution in [0.4, 0.5) is 23.2 Å². The molecule has 2 N–H and O–H groups in total. The van der Waals surface area contributed by atoms with Crippen molar-refractivity contribution in [2.45, 2.75) is 26.1 Å². The molecule has 2 aromatic heterocycles. The molecule has 0 aliphatic carbocycles. The second-order valence-corrected chi connectivity index (χ2v) is 6.50. The normalized spacial score (nSPS) is 12.6. The summed E-state index contributed by atoms with van der Waals surface area (Å²) in [4.78, 5) is 33.4. The number of hydrogen-bond acceptors (Lipinski definition) is 6. The van der Waals surface area contributed by atoms with Crippen molar-refractivity contribution in [2.24, 2.45) is 0 Å². The molecule has 11 heteroatoms. The van der Waals surface area contributed by atoms with Gasteiger partial charge in [0.25, 0.3) is 5.56 Å². The Morgan fingerprint density at radius 3 is 2.53 bits per heavy atom. The first-order valence-corrected chi connectivity index (χ1v) is 8.64. The molecular formula is C19H16F4N4O3. The Balaban J connectivity index is 2.07. The molecule has 1 aromatic carbocycles. The summed E-state index contributed by atoms with van der Waals surface area (Å²) in [6.07, 6.45) is -4.73. The van der Waals surface area contributed by atoms with Crippen molar-refractivity contribution < 1.29 is 27.1 Å². The number of aryl methyl sites for hydroxylation is 1. The van der Waals surface area contributed by atoms with E-state index in [4.69, 9.17) is 0 Å². The molecule has 0 amide bonds. The molecule has 3 aromatic rings. The molecule has 0 saturated carbocycles. The number of nitrogens with one attached hydrogen (secondary N) is 2. The van der Waals surface area contributed by atoms with Crippen LogP contribution in [-0.4, -0.2) is 28.0 Å². The van der Waals surface area contributed by atoms with Crippen molar-refractivity contribution >= 4 is 22.6 Å². The van der Waals surface area contributed by atoms with Crippen LogP contribution in [0.15, 0.2) is 29.1 Å². The number of halogens is 4. The van der Waals surface area contributed by atoms with Crippen LogP contribution in [0.3, 0.4) is 0 Å². The summed E-state index contributed by atoms with van der Waals surface area (Å²) in [5.41, 5.74) is -2.48. The van der Waals surface area contributed by atoms with Gasteiger partial charge in [0.15, 0.2) is 5.69 Å². The van der Waals surface area contributed by atoms with Crippen molar-refractivity contribution in [2.75, 3.05) is 12.4 Å². The van der Waals surface area contributed by atoms with Crippen LogP contribution in [0.2, 0.25) is 0 Å². The predicted octanol–water partition coefficient (Wildman–Crippen LogP) is 3.74. The third-order valence-corrected chi connectivity index (χ3v) is 4.38. The zero-order chi connectivity index (χ0) is 22.2. The van der Waals surface area contributed by atoms with Crippen molar-refractivity contribution in [3.63, 3.8) is 0 Å². The van der Waals surface area contributed by atoms with Gasteiger partial charge >= 0.3 is 12.1 Å². The van der Waals surface area contributed by atoms with Gasteiger partial charge in [0, 0.05) is 6.04 Å². The van der Waals surface area contributed by atoms with Gasteiger partial charge < -0.3 is 15.0 Å². The lowest BCUT2D eigenvalue weighted by Gasteiger charge is -2.21. The average molecular weight is 424 g/mol. The van der Waals surface area contributed by atoms with Crippen molar-refractivity contribution in [3.05, 3.63) is 63.2 Å². The van der Waals surface area contributed by atoms with Crippen molar-refractivity contribution in [3.8, 4) is 0 Å². The van der Waals surface area contributed by atoms with Crippen molar-refractivity contribution in [1.29, 1.82) is 0 Å². The molecule has 2 heterocycles. The molecule has 0 saturated heterocycles. The van der Waals surface area contributed by atoms with E-state index in [1.165, 1.54) is 19.9 Å². The second kappa shape index (κ2) is 7.73. The number of aromatic nitrogens is 3. The van der Waals surface area contributed by atoms with Crippen LogP contribution in [0.5, 0.6) is 0 Å². The highest BCUT2D eigenvalue weighted by Crippen LogP contribution is 2.37. The first kappa shape index (κ1) is 21.2. The van der Waals surface area contributed by atoms with E-state index in [1.807, 2.05) is 0 Å². The molecule has 30 heavy (non-hydrogen) atoms. The first-order valence-electron chi connectivity index (χ1n) is 8.64. The Bertz CT molecular complexity index is 1190. The minimum Gasteiger partial charge on any atom is -0.464 e. The van der Waals surface area contributed by atoms with Crippen molar-refractivity contribution in [1.82, 2.24) is 15.0 Å². The minimum absolute atomic E-state index is 0.0307. The number of pyridine rings is 1. The molecule has 1 atom stereocenters. The molecule has 0 bridgehead atoms. The van der Waals surface area contributed by atoms with Crippen LogP contribution in [0.25, 0.3) is 10.9 Å². The number of esters is 1. The summed E-state index contributed by atoms with van der Waals surface area (Å²) < 4.78 is 59.7. The highest BCUT2D eigenvalue weighted by Gasteiger charge is 2.35. The van der Waals surface area contributed by atoms with Gasteiger partial charge in [-0.3, -0.25) is 4.79 Å². The third-order valence-electron chi connectivity index (χ3n) is 4.38. The molecule has 0 radical (unpaired) electrons. The van der Waals surface area contributed by atoms with Gasteiger partial charge in [-0.15, -0.1) is 0 Å². The Morgan fingerprint density at radius 1 is 1.23 bits per heavy atom. The van der Waals surface area contributed by atoms with E-state index in [1.54, 1.807) is 0 Å². The quantitative estimate of drug-likeness (QED) is 0.376. The standard InChI is InChI=1S/C19H16F4N4O3/c1-8(24-13-4-5-14(18(29)30-3)27-16(13)20)10-6-11-15(7-12(10)19(21,22)23)25-9(2)26-17(11)28/h4-8,24H,1-3H3,(H,25,26,28). The molecule has 0 aliphatic rings. The van der Waals surface area contributed by atoms with Crippen LogP contribution in [0, 0.1) is 12.9 Å². The lowest BCUT2D eigenvalue weighted by atomic mass is 9.98. The highest BCUT2D eigenvalue weighted by atomic mass is 19.4. The molecule has 0 fully saturated rings. The zero-order valence-corrected chi connectivity index (χ0v) is 16.0. The number of alkyl halides is 3. The fraction of sp³-hybridized carbons (Fsp3) is 0.263. The molecule has 1 unspecified atom stereocenters. The lowest BCUT2D eigenvalue weighted by Crippen LogP contribution is -2.18. The van der Waals surface area contributed by atoms with Gasteiger partial charge in [0.1, 0.15) is 5.82 Å². The molecule has 7 nitrogen and oxygen atoms in total. The Kier molecular flexibility index (Phi) is 5.47. The number of rotatable bonds is 4. The fourth-order valence-corrected chi connectivity index (χ4v) is 2.99. The van der Waals surface area contributed by atoms with E-state index in [-0.39, 0.29) is 33.7 Å². The predicted molar refractivity (Wildman–Crippen MR) is 99.7 cm³/mol. The number of ether oxygens (including phenoxy) is 1. The van der Waals surface area contributed by atoms with Gasteiger partial charge in [-0.1, -0.05) is 0 Å². The summed E-state index contributed by atoms with van der Waals surface area (Å²) in [6, 6.07) is 3.14. The number of anilines is 1. The summed E-state index contributed by atoms with van der Waals surface area (Å²) in [7, 11) is 1.10. The lowest BCUT2D eigenvalue weighted by molar-refractivity contribution is -0.138. The highest BCUT2D eigenvalue weighted by molar-refractivity contribution is 5.87. The molecule has 158 valence electrons. The number of aromatic amines is 1. The second-order valence-electron chi connectivity index (χ2n) is 6.50. The zero-order valence-electron chi connectivity index (χ0n) is 16.0.